The maximum Gasteiger partial charge on any atom is 0.253 e. The van der Waals surface area contributed by atoms with Gasteiger partial charge < -0.3 is 15.2 Å². The van der Waals surface area contributed by atoms with E-state index in [1.807, 2.05) is 35.0 Å². The Labute approximate surface area is 161 Å². The van der Waals surface area contributed by atoms with Gasteiger partial charge in [0.15, 0.2) is 0 Å². The lowest BCUT2D eigenvalue weighted by molar-refractivity contribution is -0.121. The van der Waals surface area contributed by atoms with Crippen molar-refractivity contribution in [3.05, 3.63) is 27.2 Å². The van der Waals surface area contributed by atoms with Gasteiger partial charge >= 0.3 is 0 Å². The summed E-state index contributed by atoms with van der Waals surface area (Å²) >= 11 is 0. The van der Waals surface area contributed by atoms with Crippen molar-refractivity contribution in [3.63, 3.8) is 0 Å². The van der Waals surface area contributed by atoms with E-state index in [9.17, 15) is 9.59 Å². The van der Waals surface area contributed by atoms with Crippen molar-refractivity contribution in [2.24, 2.45) is 13.0 Å². The Morgan fingerprint density at radius 2 is 1.96 bits per heavy atom. The van der Waals surface area contributed by atoms with Gasteiger partial charge in [-0.15, -0.1) is 0 Å². The fourth-order valence-electron chi connectivity index (χ4n) is 3.78. The molecule has 0 aliphatic carbocycles. The molecule has 7 nitrogen and oxygen atoms in total. The summed E-state index contributed by atoms with van der Waals surface area (Å²) in [4.78, 5) is 30.0. The monoisotopic (exact) mass is 375 g/mol. The van der Waals surface area contributed by atoms with E-state index in [0.29, 0.717) is 24.3 Å². The topological polar surface area (TPSA) is 83.0 Å². The fraction of sp³-hybridized carbons (Fsp3) is 0.650. The number of nitrogens with zero attached hydrogens (tertiary/aromatic N) is 3. The molecule has 0 spiro atoms. The quantitative estimate of drug-likeness (QED) is 0.738. The highest BCUT2D eigenvalue weighted by atomic mass is 16.1. The summed E-state index contributed by atoms with van der Waals surface area (Å²) in [5, 5.41) is 8.49. The molecule has 0 saturated heterocycles. The number of hydrogen-bond donors (Lipinski definition) is 2. The molecule has 7 heteroatoms. The third-order valence-corrected chi connectivity index (χ3v) is 4.86. The van der Waals surface area contributed by atoms with Crippen LogP contribution in [0.4, 0.5) is 0 Å². The highest BCUT2D eigenvalue weighted by Crippen LogP contribution is 2.21. The summed E-state index contributed by atoms with van der Waals surface area (Å²) < 4.78 is 1.69. The average molecular weight is 376 g/mol. The Balaban J connectivity index is 2.12. The summed E-state index contributed by atoms with van der Waals surface area (Å²) in [6.07, 6.45) is 1.66. The van der Waals surface area contributed by atoms with Crippen molar-refractivity contribution in [3.8, 4) is 0 Å². The Bertz CT molecular complexity index is 853. The van der Waals surface area contributed by atoms with E-state index < -0.39 is 0 Å². The number of nitrogens with one attached hydrogen (secondary N) is 2. The molecule has 1 unspecified atom stereocenters. The fourth-order valence-corrected chi connectivity index (χ4v) is 3.78. The number of aryl methyl sites for hydroxylation is 3. The minimum Gasteiger partial charge on any atom is -0.352 e. The number of pyridine rings is 1. The molecule has 1 amide bonds. The van der Waals surface area contributed by atoms with Gasteiger partial charge in [0, 0.05) is 37.0 Å². The first-order valence-corrected chi connectivity index (χ1v) is 9.59. The van der Waals surface area contributed by atoms with Crippen LogP contribution in [0.5, 0.6) is 0 Å². The first-order chi connectivity index (χ1) is 12.6. The predicted octanol–water partition coefficient (Wildman–Crippen LogP) is 1.90. The van der Waals surface area contributed by atoms with Crippen molar-refractivity contribution in [2.45, 2.75) is 53.0 Å². The second-order valence-corrected chi connectivity index (χ2v) is 8.15. The molecule has 2 rings (SSSR count). The number of likely N-dealkylation sites (N-methyl/N-ethyl adjacent to an activating group) is 1. The van der Waals surface area contributed by atoms with Crippen LogP contribution in [0.15, 0.2) is 4.79 Å². The zero-order valence-corrected chi connectivity index (χ0v) is 17.6. The zero-order valence-electron chi connectivity index (χ0n) is 17.6. The smallest absolute Gasteiger partial charge is 0.253 e. The first-order valence-electron chi connectivity index (χ1n) is 9.59. The zero-order chi connectivity index (χ0) is 20.3. The van der Waals surface area contributed by atoms with E-state index in [0.717, 1.165) is 35.3 Å². The molecule has 2 aromatic rings. The number of rotatable bonds is 8. The molecule has 2 heterocycles. The van der Waals surface area contributed by atoms with Crippen LogP contribution in [0.1, 0.15) is 43.5 Å². The Morgan fingerprint density at radius 1 is 1.30 bits per heavy atom. The maximum absolute atomic E-state index is 12.5. The predicted molar refractivity (Wildman–Crippen MR) is 109 cm³/mol. The number of carbonyl (C=O) groups excluding carboxylic acids is 1. The van der Waals surface area contributed by atoms with E-state index >= 15 is 0 Å². The van der Waals surface area contributed by atoms with Crippen LogP contribution in [0.2, 0.25) is 0 Å². The van der Waals surface area contributed by atoms with Crippen LogP contribution < -0.4 is 10.9 Å². The Kier molecular flexibility index (Phi) is 6.81. The third-order valence-electron chi connectivity index (χ3n) is 4.86. The van der Waals surface area contributed by atoms with Gasteiger partial charge in [0.1, 0.15) is 5.65 Å². The Morgan fingerprint density at radius 3 is 2.56 bits per heavy atom. The normalized spacial score (nSPS) is 12.9. The molecule has 0 aliphatic heterocycles. The van der Waals surface area contributed by atoms with E-state index in [-0.39, 0.29) is 17.5 Å². The largest absolute Gasteiger partial charge is 0.352 e. The van der Waals surface area contributed by atoms with Crippen molar-refractivity contribution in [2.75, 3.05) is 20.6 Å². The van der Waals surface area contributed by atoms with Crippen LogP contribution in [-0.2, 0) is 18.3 Å². The summed E-state index contributed by atoms with van der Waals surface area (Å²) in [6, 6.07) is 0.120. The van der Waals surface area contributed by atoms with E-state index in [1.54, 1.807) is 4.68 Å². The highest BCUT2D eigenvalue weighted by molar-refractivity contribution is 5.83. The van der Waals surface area contributed by atoms with Crippen LogP contribution in [0, 0.1) is 19.8 Å². The lowest BCUT2D eigenvalue weighted by Crippen LogP contribution is -2.42. The second-order valence-electron chi connectivity index (χ2n) is 8.15. The molecular weight excluding hydrogens is 342 g/mol. The van der Waals surface area contributed by atoms with Crippen molar-refractivity contribution in [1.29, 1.82) is 0 Å². The molecule has 0 saturated carbocycles. The minimum absolute atomic E-state index is 0.00990. The number of fused-ring (bicyclic) bond motifs is 1. The first kappa shape index (κ1) is 21.2. The van der Waals surface area contributed by atoms with E-state index in [1.165, 1.54) is 0 Å². The number of H-pyrrole nitrogens is 1. The maximum atomic E-state index is 12.5. The molecule has 1 atom stereocenters. The van der Waals surface area contributed by atoms with Gasteiger partial charge in [0.25, 0.3) is 5.56 Å². The SMILES string of the molecule is Cc1nn(C)c2[nH]c(=O)c(CCC(=O)NC(CC(C)C)CN(C)C)c(C)c12. The number of carbonyl (C=O) groups is 1. The average Bonchev–Trinajstić information content (AvgIpc) is 2.79. The van der Waals surface area contributed by atoms with Gasteiger partial charge in [-0.3, -0.25) is 14.3 Å². The van der Waals surface area contributed by atoms with E-state index in [2.05, 4.69) is 34.1 Å². The van der Waals surface area contributed by atoms with Crippen LogP contribution in [-0.4, -0.2) is 52.3 Å². The van der Waals surface area contributed by atoms with Gasteiger partial charge in [-0.1, -0.05) is 13.8 Å². The number of aromatic nitrogens is 3. The lowest BCUT2D eigenvalue weighted by atomic mass is 10.0. The summed E-state index contributed by atoms with van der Waals surface area (Å²) in [7, 11) is 5.83. The molecule has 2 aromatic heterocycles. The summed E-state index contributed by atoms with van der Waals surface area (Å²) in [5.41, 5.74) is 3.06. The number of hydrogen-bond acceptors (Lipinski definition) is 4. The van der Waals surface area contributed by atoms with Gasteiger partial charge in [0.2, 0.25) is 5.91 Å². The van der Waals surface area contributed by atoms with Crippen LogP contribution in [0.25, 0.3) is 11.0 Å². The molecule has 0 aromatic carbocycles. The van der Waals surface area contributed by atoms with Crippen LogP contribution >= 0.6 is 0 Å². The van der Waals surface area contributed by atoms with Crippen molar-refractivity contribution < 1.29 is 4.79 Å². The second kappa shape index (κ2) is 8.69. The lowest BCUT2D eigenvalue weighted by Gasteiger charge is -2.24. The molecule has 2 N–H and O–H groups in total. The minimum atomic E-state index is -0.136. The van der Waals surface area contributed by atoms with E-state index in [4.69, 9.17) is 0 Å². The summed E-state index contributed by atoms with van der Waals surface area (Å²) in [5.74, 6) is 0.501. The molecule has 150 valence electrons. The molecule has 0 bridgehead atoms. The molecule has 27 heavy (non-hydrogen) atoms. The molecular formula is C20H33N5O2. The summed E-state index contributed by atoms with van der Waals surface area (Å²) in [6.45, 7) is 8.99. The standard InChI is InChI=1S/C20H33N5O2/c1-12(2)10-15(11-24(5)6)21-17(26)9-8-16-13(3)18-14(4)23-25(7)19(18)22-20(16)27/h12,15H,8-11H2,1-7H3,(H,21,26)(H,22,27). The van der Waals surface area contributed by atoms with Gasteiger partial charge in [-0.25, -0.2) is 0 Å². The Hall–Kier alpha value is -2.15. The van der Waals surface area contributed by atoms with Crippen molar-refractivity contribution in [1.82, 2.24) is 25.0 Å². The highest BCUT2D eigenvalue weighted by Gasteiger charge is 2.18. The molecule has 0 aliphatic rings. The molecule has 0 fully saturated rings. The third kappa shape index (κ3) is 5.19. The van der Waals surface area contributed by atoms with Crippen molar-refractivity contribution >= 4 is 16.9 Å². The van der Waals surface area contributed by atoms with Gasteiger partial charge in [-0.2, -0.15) is 5.10 Å². The molecule has 0 radical (unpaired) electrons. The van der Waals surface area contributed by atoms with Gasteiger partial charge in [0.05, 0.1) is 5.69 Å². The van der Waals surface area contributed by atoms with Gasteiger partial charge in [-0.05, 0) is 52.3 Å². The number of amides is 1. The van der Waals surface area contributed by atoms with Crippen LogP contribution in [0.3, 0.4) is 0 Å². The number of aromatic amines is 1.